The Morgan fingerprint density at radius 3 is 2.17 bits per heavy atom. The first-order chi connectivity index (χ1) is 8.43. The number of aliphatic carboxylic acids is 1. The monoisotopic (exact) mass is 251 g/mol. The third kappa shape index (κ3) is 3.56. The van der Waals surface area contributed by atoms with Crippen LogP contribution in [0, 0.1) is 5.92 Å². The van der Waals surface area contributed by atoms with E-state index in [0.717, 1.165) is 0 Å². The first-order valence-electron chi connectivity index (χ1n) is 5.69. The molecule has 5 heteroatoms. The first kappa shape index (κ1) is 14.2. The third-order valence-electron chi connectivity index (χ3n) is 2.59. The minimum atomic E-state index is -1.35. The number of carboxylic acids is 1. The predicted molar refractivity (Wildman–Crippen MR) is 65.8 cm³/mol. The van der Waals surface area contributed by atoms with Crippen LogP contribution in [-0.2, 0) is 9.59 Å². The van der Waals surface area contributed by atoms with E-state index in [4.69, 9.17) is 5.11 Å². The van der Waals surface area contributed by atoms with E-state index in [-0.39, 0.29) is 5.92 Å². The van der Waals surface area contributed by atoms with Crippen LogP contribution < -0.4 is 5.32 Å². The van der Waals surface area contributed by atoms with E-state index in [9.17, 15) is 14.7 Å². The fraction of sp³-hybridized carbons (Fsp3) is 0.385. The van der Waals surface area contributed by atoms with Crippen LogP contribution in [0.25, 0.3) is 0 Å². The van der Waals surface area contributed by atoms with Crippen molar-refractivity contribution in [1.82, 2.24) is 5.32 Å². The van der Waals surface area contributed by atoms with Gasteiger partial charge in [0.15, 0.2) is 6.10 Å². The highest BCUT2D eigenvalue weighted by Gasteiger charge is 2.26. The standard InChI is InChI=1S/C13H17NO4/c1-8(2)10(13(17)18)14-12(16)11(15)9-6-4-3-5-7-9/h3-8,10-11,15H,1-2H3,(H,14,16)(H,17,18). The summed E-state index contributed by atoms with van der Waals surface area (Å²) >= 11 is 0. The fourth-order valence-electron chi connectivity index (χ4n) is 1.53. The van der Waals surface area contributed by atoms with Crippen molar-refractivity contribution in [3.05, 3.63) is 35.9 Å². The molecule has 0 aliphatic carbocycles. The van der Waals surface area contributed by atoms with Crippen LogP contribution in [-0.4, -0.2) is 28.1 Å². The van der Waals surface area contributed by atoms with E-state index in [1.54, 1.807) is 44.2 Å². The predicted octanol–water partition coefficient (Wildman–Crippen LogP) is 0.945. The Bertz CT molecular complexity index is 416. The summed E-state index contributed by atoms with van der Waals surface area (Å²) in [5.41, 5.74) is 0.433. The molecule has 2 atom stereocenters. The number of hydrogen-bond donors (Lipinski definition) is 3. The van der Waals surface area contributed by atoms with Crippen molar-refractivity contribution >= 4 is 11.9 Å². The number of rotatable bonds is 5. The van der Waals surface area contributed by atoms with Crippen LogP contribution in [0.4, 0.5) is 0 Å². The van der Waals surface area contributed by atoms with Gasteiger partial charge in [-0.15, -0.1) is 0 Å². The lowest BCUT2D eigenvalue weighted by Gasteiger charge is -2.20. The molecule has 1 rings (SSSR count). The zero-order chi connectivity index (χ0) is 13.7. The lowest BCUT2D eigenvalue weighted by atomic mass is 10.0. The normalized spacial score (nSPS) is 14.0. The largest absolute Gasteiger partial charge is 0.480 e. The van der Waals surface area contributed by atoms with Crippen molar-refractivity contribution in [1.29, 1.82) is 0 Å². The second kappa shape index (κ2) is 6.16. The van der Waals surface area contributed by atoms with Gasteiger partial charge in [0.1, 0.15) is 6.04 Å². The maximum Gasteiger partial charge on any atom is 0.326 e. The number of amides is 1. The molecule has 5 nitrogen and oxygen atoms in total. The fourth-order valence-corrected chi connectivity index (χ4v) is 1.53. The van der Waals surface area contributed by atoms with E-state index >= 15 is 0 Å². The minimum absolute atomic E-state index is 0.255. The van der Waals surface area contributed by atoms with E-state index in [1.165, 1.54) is 0 Å². The summed E-state index contributed by atoms with van der Waals surface area (Å²) < 4.78 is 0. The molecule has 0 radical (unpaired) electrons. The molecule has 0 spiro atoms. The minimum Gasteiger partial charge on any atom is -0.480 e. The van der Waals surface area contributed by atoms with Gasteiger partial charge >= 0.3 is 5.97 Å². The quantitative estimate of drug-likeness (QED) is 0.727. The van der Waals surface area contributed by atoms with Gasteiger partial charge in [0.25, 0.3) is 5.91 Å². The smallest absolute Gasteiger partial charge is 0.326 e. The average molecular weight is 251 g/mol. The van der Waals surface area contributed by atoms with Crippen molar-refractivity contribution < 1.29 is 19.8 Å². The lowest BCUT2D eigenvalue weighted by Crippen LogP contribution is -2.46. The number of hydrogen-bond acceptors (Lipinski definition) is 3. The highest BCUT2D eigenvalue weighted by Crippen LogP contribution is 2.13. The Balaban J connectivity index is 2.73. The summed E-state index contributed by atoms with van der Waals surface area (Å²) in [5, 5.41) is 21.1. The Kier molecular flexibility index (Phi) is 4.85. The zero-order valence-corrected chi connectivity index (χ0v) is 10.3. The van der Waals surface area contributed by atoms with Gasteiger partial charge in [0, 0.05) is 0 Å². The Morgan fingerprint density at radius 2 is 1.72 bits per heavy atom. The molecule has 0 fully saturated rings. The number of benzene rings is 1. The van der Waals surface area contributed by atoms with Crippen molar-refractivity contribution in [3.8, 4) is 0 Å². The zero-order valence-electron chi connectivity index (χ0n) is 10.3. The topological polar surface area (TPSA) is 86.6 Å². The van der Waals surface area contributed by atoms with Gasteiger partial charge in [-0.3, -0.25) is 4.79 Å². The lowest BCUT2D eigenvalue weighted by molar-refractivity contribution is -0.144. The molecule has 98 valence electrons. The van der Waals surface area contributed by atoms with Crippen molar-refractivity contribution in [2.24, 2.45) is 5.92 Å². The molecule has 18 heavy (non-hydrogen) atoms. The second-order valence-electron chi connectivity index (χ2n) is 4.38. The SMILES string of the molecule is CC(C)C(NC(=O)C(O)c1ccccc1)C(=O)O. The molecule has 0 saturated carbocycles. The van der Waals surface area contributed by atoms with Gasteiger partial charge in [-0.2, -0.15) is 0 Å². The summed E-state index contributed by atoms with van der Waals surface area (Å²) in [6.07, 6.45) is -1.35. The van der Waals surface area contributed by atoms with Gasteiger partial charge in [0.05, 0.1) is 0 Å². The van der Waals surface area contributed by atoms with Crippen LogP contribution in [0.3, 0.4) is 0 Å². The highest BCUT2D eigenvalue weighted by atomic mass is 16.4. The molecular formula is C13H17NO4. The highest BCUT2D eigenvalue weighted by molar-refractivity contribution is 5.87. The van der Waals surface area contributed by atoms with Crippen LogP contribution in [0.15, 0.2) is 30.3 Å². The van der Waals surface area contributed by atoms with Gasteiger partial charge in [-0.05, 0) is 11.5 Å². The van der Waals surface area contributed by atoms with Crippen molar-refractivity contribution in [2.75, 3.05) is 0 Å². The van der Waals surface area contributed by atoms with E-state index in [1.807, 2.05) is 0 Å². The summed E-state index contributed by atoms with van der Waals surface area (Å²) in [4.78, 5) is 22.7. The van der Waals surface area contributed by atoms with E-state index < -0.39 is 24.0 Å². The molecule has 0 saturated heterocycles. The third-order valence-corrected chi connectivity index (χ3v) is 2.59. The Morgan fingerprint density at radius 1 is 1.17 bits per heavy atom. The maximum atomic E-state index is 11.7. The van der Waals surface area contributed by atoms with Gasteiger partial charge in [-0.25, -0.2) is 4.79 Å². The molecule has 0 aromatic heterocycles. The Hall–Kier alpha value is -1.88. The van der Waals surface area contributed by atoms with Crippen LogP contribution in [0.2, 0.25) is 0 Å². The molecule has 0 heterocycles. The molecule has 0 aliphatic heterocycles. The second-order valence-corrected chi connectivity index (χ2v) is 4.38. The summed E-state index contributed by atoms with van der Waals surface area (Å²) in [7, 11) is 0. The average Bonchev–Trinajstić information content (AvgIpc) is 2.35. The number of carbonyl (C=O) groups excluding carboxylic acids is 1. The summed E-state index contributed by atoms with van der Waals surface area (Å²) in [6, 6.07) is 7.37. The molecule has 1 aromatic carbocycles. The Labute approximate surface area is 105 Å². The van der Waals surface area contributed by atoms with Crippen molar-refractivity contribution in [2.45, 2.75) is 26.0 Å². The van der Waals surface area contributed by atoms with Crippen LogP contribution in [0.1, 0.15) is 25.5 Å². The number of aliphatic hydroxyl groups excluding tert-OH is 1. The van der Waals surface area contributed by atoms with E-state index in [0.29, 0.717) is 5.56 Å². The summed E-state index contributed by atoms with van der Waals surface area (Å²) in [6.45, 7) is 3.38. The molecule has 2 unspecified atom stereocenters. The molecule has 1 amide bonds. The van der Waals surface area contributed by atoms with Gasteiger partial charge in [-0.1, -0.05) is 44.2 Å². The maximum absolute atomic E-state index is 11.7. The first-order valence-corrected chi connectivity index (χ1v) is 5.69. The molecular weight excluding hydrogens is 234 g/mol. The van der Waals surface area contributed by atoms with Crippen LogP contribution >= 0.6 is 0 Å². The molecule has 1 aromatic rings. The number of nitrogens with one attached hydrogen (secondary N) is 1. The van der Waals surface area contributed by atoms with Gasteiger partial charge in [0.2, 0.25) is 0 Å². The molecule has 0 bridgehead atoms. The van der Waals surface area contributed by atoms with E-state index in [2.05, 4.69) is 5.32 Å². The number of carbonyl (C=O) groups is 2. The number of aliphatic hydroxyl groups is 1. The van der Waals surface area contributed by atoms with Crippen LogP contribution in [0.5, 0.6) is 0 Å². The van der Waals surface area contributed by atoms with Crippen molar-refractivity contribution in [3.63, 3.8) is 0 Å². The molecule has 0 aliphatic rings. The number of carboxylic acid groups (broad SMARTS) is 1. The van der Waals surface area contributed by atoms with Gasteiger partial charge < -0.3 is 15.5 Å². The molecule has 3 N–H and O–H groups in total. The summed E-state index contributed by atoms with van der Waals surface area (Å²) in [5.74, 6) is -2.07.